The molecule has 1 unspecified atom stereocenters. The molecule has 0 radical (unpaired) electrons. The Morgan fingerprint density at radius 1 is 1.44 bits per heavy atom. The van der Waals surface area contributed by atoms with Gasteiger partial charge >= 0.3 is 12.1 Å². The van der Waals surface area contributed by atoms with E-state index in [2.05, 4.69) is 20.7 Å². The van der Waals surface area contributed by atoms with Crippen LogP contribution in [-0.2, 0) is 15.7 Å². The van der Waals surface area contributed by atoms with E-state index < -0.39 is 23.8 Å². The van der Waals surface area contributed by atoms with Crippen molar-refractivity contribution in [2.45, 2.75) is 19.2 Å². The fraction of sp³-hybridized carbons (Fsp3) is 0.364. The quantitative estimate of drug-likeness (QED) is 0.868. The first kappa shape index (κ1) is 15.0. The van der Waals surface area contributed by atoms with Crippen LogP contribution in [0.5, 0.6) is 0 Å². The fourth-order valence-electron chi connectivity index (χ4n) is 1.29. The van der Waals surface area contributed by atoms with Gasteiger partial charge in [-0.2, -0.15) is 13.2 Å². The number of hydrogen-bond donors (Lipinski definition) is 1. The number of aliphatic hydroxyl groups excluding tert-OH is 1. The molecule has 1 aromatic rings. The maximum atomic E-state index is 12.5. The fourth-order valence-corrected chi connectivity index (χ4v) is 1.80. The molecule has 100 valence electrons. The summed E-state index contributed by atoms with van der Waals surface area (Å²) in [5, 5.41) is 9.57. The van der Waals surface area contributed by atoms with Crippen LogP contribution >= 0.6 is 15.9 Å². The molecule has 0 amide bonds. The van der Waals surface area contributed by atoms with Crippen molar-refractivity contribution < 1.29 is 27.8 Å². The summed E-state index contributed by atoms with van der Waals surface area (Å²) < 4.78 is 42.3. The van der Waals surface area contributed by atoms with Crippen LogP contribution in [0.2, 0.25) is 0 Å². The SMILES string of the molecule is CCOC(=O)C(O)c1cc(Br)cc(C(F)(F)F)c1. The second-order valence-corrected chi connectivity index (χ2v) is 4.34. The molecule has 1 N–H and O–H groups in total. The monoisotopic (exact) mass is 326 g/mol. The highest BCUT2D eigenvalue weighted by atomic mass is 79.9. The van der Waals surface area contributed by atoms with Crippen molar-refractivity contribution in [2.24, 2.45) is 0 Å². The molecular weight excluding hydrogens is 317 g/mol. The van der Waals surface area contributed by atoms with Crippen molar-refractivity contribution in [3.63, 3.8) is 0 Å². The van der Waals surface area contributed by atoms with Crippen molar-refractivity contribution >= 4 is 21.9 Å². The van der Waals surface area contributed by atoms with Gasteiger partial charge in [-0.15, -0.1) is 0 Å². The highest BCUT2D eigenvalue weighted by molar-refractivity contribution is 9.10. The Hall–Kier alpha value is -1.08. The third-order valence-corrected chi connectivity index (χ3v) is 2.53. The summed E-state index contributed by atoms with van der Waals surface area (Å²) in [5.41, 5.74) is -1.12. The van der Waals surface area contributed by atoms with Crippen LogP contribution in [0.25, 0.3) is 0 Å². The number of ether oxygens (including phenoxy) is 1. The zero-order valence-electron chi connectivity index (χ0n) is 9.29. The van der Waals surface area contributed by atoms with Gasteiger partial charge < -0.3 is 9.84 Å². The topological polar surface area (TPSA) is 46.5 Å². The van der Waals surface area contributed by atoms with Gasteiger partial charge in [-0.3, -0.25) is 0 Å². The smallest absolute Gasteiger partial charge is 0.416 e. The number of alkyl halides is 3. The Balaban J connectivity index is 3.10. The minimum Gasteiger partial charge on any atom is -0.464 e. The zero-order valence-corrected chi connectivity index (χ0v) is 10.9. The van der Waals surface area contributed by atoms with Crippen molar-refractivity contribution in [3.05, 3.63) is 33.8 Å². The number of carbonyl (C=O) groups is 1. The first-order valence-electron chi connectivity index (χ1n) is 4.98. The second-order valence-electron chi connectivity index (χ2n) is 3.43. The summed E-state index contributed by atoms with van der Waals surface area (Å²) in [6, 6.07) is 2.81. The van der Waals surface area contributed by atoms with Crippen molar-refractivity contribution in [1.29, 1.82) is 0 Å². The highest BCUT2D eigenvalue weighted by Gasteiger charge is 2.32. The molecular formula is C11H10BrF3O3. The average molecular weight is 327 g/mol. The number of esters is 1. The van der Waals surface area contributed by atoms with Crippen LogP contribution in [0.15, 0.2) is 22.7 Å². The van der Waals surface area contributed by atoms with Gasteiger partial charge in [0, 0.05) is 4.47 Å². The van der Waals surface area contributed by atoms with Crippen LogP contribution in [0.4, 0.5) is 13.2 Å². The molecule has 0 spiro atoms. The van der Waals surface area contributed by atoms with Gasteiger partial charge in [0.2, 0.25) is 0 Å². The van der Waals surface area contributed by atoms with E-state index in [4.69, 9.17) is 0 Å². The standard InChI is InChI=1S/C11H10BrF3O3/c1-2-18-10(17)9(16)6-3-7(11(13,14)15)5-8(12)4-6/h3-5,9,16H,2H2,1H3. The lowest BCUT2D eigenvalue weighted by atomic mass is 10.1. The molecule has 0 aliphatic carbocycles. The first-order chi connectivity index (χ1) is 8.25. The van der Waals surface area contributed by atoms with Gasteiger partial charge in [0.05, 0.1) is 12.2 Å². The van der Waals surface area contributed by atoms with E-state index >= 15 is 0 Å². The predicted octanol–water partition coefficient (Wildman–Crippen LogP) is 3.06. The third kappa shape index (κ3) is 3.71. The van der Waals surface area contributed by atoms with Crippen LogP contribution < -0.4 is 0 Å². The maximum Gasteiger partial charge on any atom is 0.416 e. The molecule has 0 saturated carbocycles. The van der Waals surface area contributed by atoms with Crippen LogP contribution in [0.1, 0.15) is 24.2 Å². The van der Waals surface area contributed by atoms with Crippen molar-refractivity contribution in [2.75, 3.05) is 6.61 Å². The lowest BCUT2D eigenvalue weighted by Gasteiger charge is -2.13. The lowest BCUT2D eigenvalue weighted by molar-refractivity contribution is -0.153. The Kier molecular flexibility index (Phi) is 4.75. The predicted molar refractivity (Wildman–Crippen MR) is 60.7 cm³/mol. The molecule has 0 fully saturated rings. The lowest BCUT2D eigenvalue weighted by Crippen LogP contribution is -2.16. The molecule has 0 bridgehead atoms. The maximum absolute atomic E-state index is 12.5. The van der Waals surface area contributed by atoms with Crippen molar-refractivity contribution in [3.8, 4) is 0 Å². The van der Waals surface area contributed by atoms with E-state index in [1.165, 1.54) is 13.0 Å². The van der Waals surface area contributed by atoms with E-state index in [1.807, 2.05) is 0 Å². The Bertz CT molecular complexity index is 446. The van der Waals surface area contributed by atoms with E-state index in [-0.39, 0.29) is 16.6 Å². The average Bonchev–Trinajstić information content (AvgIpc) is 2.26. The molecule has 1 atom stereocenters. The summed E-state index contributed by atoms with van der Waals surface area (Å²) in [7, 11) is 0. The number of aliphatic hydroxyl groups is 1. The normalized spacial score (nSPS) is 13.2. The minimum atomic E-state index is -4.55. The first-order valence-corrected chi connectivity index (χ1v) is 5.77. The molecule has 0 aromatic heterocycles. The number of rotatable bonds is 3. The largest absolute Gasteiger partial charge is 0.464 e. The number of benzene rings is 1. The molecule has 0 heterocycles. The molecule has 0 saturated heterocycles. The van der Waals surface area contributed by atoms with Gasteiger partial charge in [-0.05, 0) is 30.7 Å². The second kappa shape index (κ2) is 5.71. The van der Waals surface area contributed by atoms with Gasteiger partial charge in [-0.1, -0.05) is 15.9 Å². The number of carbonyl (C=O) groups excluding carboxylic acids is 1. The summed E-state index contributed by atoms with van der Waals surface area (Å²) in [6.45, 7) is 1.57. The van der Waals surface area contributed by atoms with Gasteiger partial charge in [-0.25, -0.2) is 4.79 Å². The molecule has 3 nitrogen and oxygen atoms in total. The summed E-state index contributed by atoms with van der Waals surface area (Å²) in [6.07, 6.45) is -6.28. The Morgan fingerprint density at radius 2 is 2.06 bits per heavy atom. The van der Waals surface area contributed by atoms with Crippen LogP contribution in [-0.4, -0.2) is 17.7 Å². The van der Waals surface area contributed by atoms with Crippen LogP contribution in [0, 0.1) is 0 Å². The molecule has 0 aliphatic heterocycles. The van der Waals surface area contributed by atoms with Gasteiger partial charge in [0.15, 0.2) is 6.10 Å². The van der Waals surface area contributed by atoms with Gasteiger partial charge in [0.25, 0.3) is 0 Å². The number of halogens is 4. The molecule has 1 aromatic carbocycles. The number of hydrogen-bond acceptors (Lipinski definition) is 3. The Labute approximate surface area is 110 Å². The van der Waals surface area contributed by atoms with E-state index in [1.54, 1.807) is 0 Å². The van der Waals surface area contributed by atoms with E-state index in [9.17, 15) is 23.1 Å². The Morgan fingerprint density at radius 3 is 2.56 bits per heavy atom. The minimum absolute atomic E-state index is 0.0377. The highest BCUT2D eigenvalue weighted by Crippen LogP contribution is 2.33. The molecule has 18 heavy (non-hydrogen) atoms. The molecule has 1 rings (SSSR count). The molecule has 0 aliphatic rings. The van der Waals surface area contributed by atoms with E-state index in [0.717, 1.165) is 6.07 Å². The summed E-state index contributed by atoms with van der Waals surface area (Å²) >= 11 is 2.90. The zero-order chi connectivity index (χ0) is 13.9. The van der Waals surface area contributed by atoms with Crippen molar-refractivity contribution in [1.82, 2.24) is 0 Å². The third-order valence-electron chi connectivity index (χ3n) is 2.07. The summed E-state index contributed by atoms with van der Waals surface area (Å²) in [5.74, 6) is -0.983. The van der Waals surface area contributed by atoms with Crippen LogP contribution in [0.3, 0.4) is 0 Å². The summed E-state index contributed by atoms with van der Waals surface area (Å²) in [4.78, 5) is 11.2. The van der Waals surface area contributed by atoms with E-state index in [0.29, 0.717) is 6.07 Å². The molecule has 7 heteroatoms. The van der Waals surface area contributed by atoms with Gasteiger partial charge in [0.1, 0.15) is 0 Å².